The van der Waals surface area contributed by atoms with E-state index >= 15 is 0 Å². The summed E-state index contributed by atoms with van der Waals surface area (Å²) in [7, 11) is 0. The van der Waals surface area contributed by atoms with Gasteiger partial charge in [-0.15, -0.1) is 0 Å². The summed E-state index contributed by atoms with van der Waals surface area (Å²) in [6, 6.07) is 55.1. The molecule has 0 spiro atoms. The minimum Gasteiger partial charge on any atom is -0.455 e. The summed E-state index contributed by atoms with van der Waals surface area (Å²) >= 11 is 0. The Morgan fingerprint density at radius 2 is 1.20 bits per heavy atom. The zero-order valence-corrected chi connectivity index (χ0v) is 28.2. The molecule has 0 aliphatic carbocycles. The van der Waals surface area contributed by atoms with Crippen molar-refractivity contribution in [3.63, 3.8) is 0 Å². The van der Waals surface area contributed by atoms with E-state index in [1.165, 1.54) is 22.1 Å². The van der Waals surface area contributed by atoms with Gasteiger partial charge < -0.3 is 4.42 Å². The van der Waals surface area contributed by atoms with Crippen LogP contribution in [0.3, 0.4) is 0 Å². The number of fused-ring (bicyclic) bond motifs is 2. The molecular weight excluding hydrogens is 609 g/mol. The van der Waals surface area contributed by atoms with Crippen molar-refractivity contribution < 1.29 is 4.42 Å². The molecule has 0 N–H and O–H groups in total. The van der Waals surface area contributed by atoms with Crippen molar-refractivity contribution in [3.05, 3.63) is 186 Å². The number of benzene rings is 7. The zero-order valence-electron chi connectivity index (χ0n) is 28.2. The largest absolute Gasteiger partial charge is 0.455 e. The van der Waals surface area contributed by atoms with Crippen molar-refractivity contribution in [2.45, 2.75) is 20.4 Å². The average Bonchev–Trinajstić information content (AvgIpc) is 3.55. The Hall–Kier alpha value is -6.32. The lowest BCUT2D eigenvalue weighted by molar-refractivity contribution is 0.632. The van der Waals surface area contributed by atoms with Crippen LogP contribution in [0.25, 0.3) is 55.3 Å². The Kier molecular flexibility index (Phi) is 8.24. The van der Waals surface area contributed by atoms with E-state index in [4.69, 9.17) is 9.41 Å². The monoisotopic (exact) mass is 644 g/mol. The molecule has 1 aromatic heterocycles. The van der Waals surface area contributed by atoms with E-state index in [-0.39, 0.29) is 0 Å². The lowest BCUT2D eigenvalue weighted by Crippen LogP contribution is -2.06. The third-order valence-electron chi connectivity index (χ3n) is 9.57. The summed E-state index contributed by atoms with van der Waals surface area (Å²) in [6.45, 7) is 8.70. The first-order chi connectivity index (χ1) is 24.6. The van der Waals surface area contributed by atoms with Crippen LogP contribution in [0.2, 0.25) is 0 Å². The van der Waals surface area contributed by atoms with Crippen LogP contribution in [0, 0.1) is 13.8 Å². The second-order valence-corrected chi connectivity index (χ2v) is 12.7. The molecule has 8 aromatic rings. The Bertz CT molecular complexity index is 2560. The van der Waals surface area contributed by atoms with Gasteiger partial charge in [0.05, 0.1) is 17.9 Å². The number of hydrogen-bond donors (Lipinski definition) is 0. The van der Waals surface area contributed by atoms with Gasteiger partial charge >= 0.3 is 0 Å². The van der Waals surface area contributed by atoms with Crippen molar-refractivity contribution in [3.8, 4) is 33.6 Å². The molecule has 240 valence electrons. The molecular formula is C47H36N2O. The number of aliphatic imine (C=N–C) groups is 2. The molecule has 3 nitrogen and oxygen atoms in total. The molecule has 50 heavy (non-hydrogen) atoms. The average molecular weight is 645 g/mol. The maximum Gasteiger partial charge on any atom is 0.143 e. The standard InChI is InChI=1S/C47H36N2O/c1-31-15-4-6-18-35(31)37-20-8-9-21-39(37)47-45(41-23-11-13-26-44(41)50-47)42-29-33(28-27-32(42)2)30-49-46(40-22-10-12-25-43(40)48-3)38-24-14-17-34-16-5-7-19-36(34)38/h4-29H,3,30H2,1-2H3. The topological polar surface area (TPSA) is 37.9 Å². The van der Waals surface area contributed by atoms with Gasteiger partial charge in [-0.2, -0.15) is 0 Å². The van der Waals surface area contributed by atoms with Gasteiger partial charge in [-0.1, -0.05) is 140 Å². The molecule has 0 aliphatic rings. The van der Waals surface area contributed by atoms with E-state index in [0.29, 0.717) is 6.54 Å². The molecule has 0 aliphatic heterocycles. The van der Waals surface area contributed by atoms with E-state index in [1.54, 1.807) is 0 Å². The number of hydrogen-bond acceptors (Lipinski definition) is 3. The molecule has 1 heterocycles. The van der Waals surface area contributed by atoms with Gasteiger partial charge in [-0.05, 0) is 82.9 Å². The highest BCUT2D eigenvalue weighted by Gasteiger charge is 2.22. The highest BCUT2D eigenvalue weighted by molar-refractivity contribution is 6.21. The first-order valence-corrected chi connectivity index (χ1v) is 17.0. The second-order valence-electron chi connectivity index (χ2n) is 12.7. The summed E-state index contributed by atoms with van der Waals surface area (Å²) in [5, 5.41) is 3.41. The van der Waals surface area contributed by atoms with Crippen LogP contribution in [-0.4, -0.2) is 12.4 Å². The van der Waals surface area contributed by atoms with Crippen LogP contribution in [0.1, 0.15) is 27.8 Å². The normalized spacial score (nSPS) is 11.7. The van der Waals surface area contributed by atoms with Crippen molar-refractivity contribution in [2.24, 2.45) is 9.98 Å². The lowest BCUT2D eigenvalue weighted by atomic mass is 9.90. The summed E-state index contributed by atoms with van der Waals surface area (Å²) in [4.78, 5) is 9.73. The molecule has 0 fully saturated rings. The third kappa shape index (κ3) is 5.63. The Labute approximate surface area is 292 Å². The maximum absolute atomic E-state index is 6.77. The third-order valence-corrected chi connectivity index (χ3v) is 9.57. The Morgan fingerprint density at radius 1 is 0.560 bits per heavy atom. The maximum atomic E-state index is 6.77. The minimum absolute atomic E-state index is 0.488. The van der Waals surface area contributed by atoms with Crippen LogP contribution in [0.15, 0.2) is 172 Å². The Balaban J connectivity index is 1.29. The van der Waals surface area contributed by atoms with Gasteiger partial charge in [0.2, 0.25) is 0 Å². The van der Waals surface area contributed by atoms with Crippen molar-refractivity contribution >= 4 is 39.9 Å². The van der Waals surface area contributed by atoms with Crippen LogP contribution in [0.4, 0.5) is 5.69 Å². The second kappa shape index (κ2) is 13.3. The minimum atomic E-state index is 0.488. The van der Waals surface area contributed by atoms with Gasteiger partial charge in [0, 0.05) is 27.6 Å². The Morgan fingerprint density at radius 3 is 2.04 bits per heavy atom. The van der Waals surface area contributed by atoms with Crippen LogP contribution >= 0.6 is 0 Å². The number of rotatable bonds is 8. The lowest BCUT2D eigenvalue weighted by Gasteiger charge is -2.15. The van der Waals surface area contributed by atoms with Gasteiger partial charge in [0.25, 0.3) is 0 Å². The van der Waals surface area contributed by atoms with E-state index in [1.807, 2.05) is 24.3 Å². The molecule has 0 radical (unpaired) electrons. The van der Waals surface area contributed by atoms with Crippen molar-refractivity contribution in [1.82, 2.24) is 0 Å². The molecule has 0 saturated heterocycles. The number of para-hydroxylation sites is 2. The molecule has 8 rings (SSSR count). The van der Waals surface area contributed by atoms with E-state index in [2.05, 4.69) is 159 Å². The first kappa shape index (κ1) is 31.0. The molecule has 0 unspecified atom stereocenters. The van der Waals surface area contributed by atoms with Crippen LogP contribution < -0.4 is 0 Å². The highest BCUT2D eigenvalue weighted by Crippen LogP contribution is 2.45. The predicted molar refractivity (Wildman–Crippen MR) is 211 cm³/mol. The van der Waals surface area contributed by atoms with Crippen molar-refractivity contribution in [1.29, 1.82) is 0 Å². The van der Waals surface area contributed by atoms with Crippen LogP contribution in [-0.2, 0) is 6.54 Å². The molecule has 0 atom stereocenters. The smallest absolute Gasteiger partial charge is 0.143 e. The number of furan rings is 1. The molecule has 0 bridgehead atoms. The predicted octanol–water partition coefficient (Wildman–Crippen LogP) is 12.6. The molecule has 7 aromatic carbocycles. The van der Waals surface area contributed by atoms with Gasteiger partial charge in [-0.3, -0.25) is 9.98 Å². The quantitative estimate of drug-likeness (QED) is 0.152. The van der Waals surface area contributed by atoms with E-state index in [0.717, 1.165) is 72.5 Å². The van der Waals surface area contributed by atoms with Crippen molar-refractivity contribution in [2.75, 3.05) is 0 Å². The van der Waals surface area contributed by atoms with E-state index in [9.17, 15) is 0 Å². The molecule has 0 saturated carbocycles. The molecule has 0 amide bonds. The number of aryl methyl sites for hydroxylation is 2. The van der Waals surface area contributed by atoms with Gasteiger partial charge in [-0.25, -0.2) is 0 Å². The summed E-state index contributed by atoms with van der Waals surface area (Å²) in [5.74, 6) is 0.872. The number of nitrogens with zero attached hydrogens (tertiary/aromatic N) is 2. The van der Waals surface area contributed by atoms with Gasteiger partial charge in [0.1, 0.15) is 11.3 Å². The SMILES string of the molecule is C=Nc1ccccc1C(=NCc1ccc(C)c(-c2c(-c3ccccc3-c3ccccc3C)oc3ccccc23)c1)c1cccc2ccccc12. The summed E-state index contributed by atoms with van der Waals surface area (Å²) < 4.78 is 6.77. The summed E-state index contributed by atoms with van der Waals surface area (Å²) in [6.07, 6.45) is 0. The summed E-state index contributed by atoms with van der Waals surface area (Å²) in [5.41, 5.74) is 13.8. The van der Waals surface area contributed by atoms with Crippen LogP contribution in [0.5, 0.6) is 0 Å². The fourth-order valence-corrected chi connectivity index (χ4v) is 7.06. The zero-order chi connectivity index (χ0) is 34.0. The fraction of sp³-hybridized carbons (Fsp3) is 0.0638. The highest BCUT2D eigenvalue weighted by atomic mass is 16.3. The van der Waals surface area contributed by atoms with Gasteiger partial charge in [0.15, 0.2) is 0 Å². The molecule has 3 heteroatoms. The fourth-order valence-electron chi connectivity index (χ4n) is 7.06. The first-order valence-electron chi connectivity index (χ1n) is 17.0. The van der Waals surface area contributed by atoms with E-state index < -0.39 is 0 Å².